The van der Waals surface area contributed by atoms with Crippen LogP contribution in [0.5, 0.6) is 0 Å². The predicted octanol–water partition coefficient (Wildman–Crippen LogP) is 2.90. The van der Waals surface area contributed by atoms with Crippen LogP contribution in [-0.4, -0.2) is 6.04 Å². The minimum Gasteiger partial charge on any atom is -0.327 e. The van der Waals surface area contributed by atoms with Crippen molar-refractivity contribution in [2.75, 3.05) is 0 Å². The summed E-state index contributed by atoms with van der Waals surface area (Å²) in [6.45, 7) is 9.58. The highest BCUT2D eigenvalue weighted by molar-refractivity contribution is 5.02. The molecule has 2 bridgehead atoms. The summed E-state index contributed by atoms with van der Waals surface area (Å²) >= 11 is 0. The van der Waals surface area contributed by atoms with Crippen molar-refractivity contribution in [2.45, 2.75) is 46.6 Å². The minimum absolute atomic E-state index is 0.501. The van der Waals surface area contributed by atoms with E-state index in [0.717, 1.165) is 35.5 Å². The summed E-state index contributed by atoms with van der Waals surface area (Å²) in [5.41, 5.74) is 6.39. The van der Waals surface area contributed by atoms with Gasteiger partial charge >= 0.3 is 0 Å². The van der Waals surface area contributed by atoms with Crippen LogP contribution in [0.3, 0.4) is 0 Å². The van der Waals surface area contributed by atoms with Crippen LogP contribution in [0.2, 0.25) is 0 Å². The lowest BCUT2D eigenvalue weighted by Gasteiger charge is -2.38. The molecule has 0 saturated heterocycles. The molecular weight excluding hydrogens is 170 g/mol. The van der Waals surface area contributed by atoms with Crippen LogP contribution >= 0.6 is 0 Å². The molecule has 0 aromatic carbocycles. The molecule has 0 aliphatic heterocycles. The molecule has 2 N–H and O–H groups in total. The standard InChI is InChI=1S/C13H25N/c1-7(2)10-5-6-11-8(3)9(4)12(10)13(11)14/h7-13H,5-6,14H2,1-4H3. The van der Waals surface area contributed by atoms with Gasteiger partial charge in [-0.25, -0.2) is 0 Å². The molecule has 14 heavy (non-hydrogen) atoms. The van der Waals surface area contributed by atoms with Crippen molar-refractivity contribution in [1.29, 1.82) is 0 Å². The van der Waals surface area contributed by atoms with E-state index < -0.39 is 0 Å². The molecule has 1 heteroatoms. The molecule has 6 unspecified atom stereocenters. The van der Waals surface area contributed by atoms with Gasteiger partial charge in [-0.3, -0.25) is 0 Å². The second-order valence-electron chi connectivity index (χ2n) is 6.02. The SMILES string of the molecule is CC(C)C1CCC2C(C)C(C)C1C2N. The van der Waals surface area contributed by atoms with Gasteiger partial charge in [0.05, 0.1) is 0 Å². The van der Waals surface area contributed by atoms with Gasteiger partial charge in [0.2, 0.25) is 0 Å². The first kappa shape index (κ1) is 10.5. The third-order valence-corrected chi connectivity index (χ3v) is 5.23. The second-order valence-corrected chi connectivity index (χ2v) is 6.02. The highest BCUT2D eigenvalue weighted by Gasteiger charge is 2.50. The average molecular weight is 195 g/mol. The summed E-state index contributed by atoms with van der Waals surface area (Å²) in [5, 5.41) is 0. The van der Waals surface area contributed by atoms with E-state index in [1.165, 1.54) is 12.8 Å². The average Bonchev–Trinajstić information content (AvgIpc) is 2.30. The van der Waals surface area contributed by atoms with E-state index >= 15 is 0 Å². The normalized spacial score (nSPS) is 52.7. The smallest absolute Gasteiger partial charge is 0.0104 e. The van der Waals surface area contributed by atoms with E-state index in [-0.39, 0.29) is 0 Å². The van der Waals surface area contributed by atoms with Gasteiger partial charge in [-0.2, -0.15) is 0 Å². The third-order valence-electron chi connectivity index (χ3n) is 5.23. The fourth-order valence-electron chi connectivity index (χ4n) is 4.21. The Hall–Kier alpha value is -0.0400. The first-order valence-corrected chi connectivity index (χ1v) is 6.29. The largest absolute Gasteiger partial charge is 0.327 e. The van der Waals surface area contributed by atoms with Crippen molar-refractivity contribution in [3.05, 3.63) is 0 Å². The topological polar surface area (TPSA) is 26.0 Å². The fraction of sp³-hybridized carbons (Fsp3) is 1.00. The van der Waals surface area contributed by atoms with Crippen molar-refractivity contribution >= 4 is 0 Å². The maximum absolute atomic E-state index is 6.39. The van der Waals surface area contributed by atoms with E-state index in [1.54, 1.807) is 0 Å². The van der Waals surface area contributed by atoms with Crippen molar-refractivity contribution in [3.63, 3.8) is 0 Å². The van der Waals surface area contributed by atoms with Gasteiger partial charge in [-0.05, 0) is 48.3 Å². The van der Waals surface area contributed by atoms with Crippen molar-refractivity contribution in [1.82, 2.24) is 0 Å². The summed E-state index contributed by atoms with van der Waals surface area (Å²) in [5.74, 6) is 5.05. The number of rotatable bonds is 1. The maximum Gasteiger partial charge on any atom is 0.0104 e. The maximum atomic E-state index is 6.39. The lowest BCUT2D eigenvalue weighted by molar-refractivity contribution is 0.143. The van der Waals surface area contributed by atoms with Gasteiger partial charge < -0.3 is 5.73 Å². The zero-order valence-electron chi connectivity index (χ0n) is 10.0. The molecule has 0 spiro atoms. The summed E-state index contributed by atoms with van der Waals surface area (Å²) in [6.07, 6.45) is 2.81. The van der Waals surface area contributed by atoms with Gasteiger partial charge in [0, 0.05) is 6.04 Å². The molecule has 82 valence electrons. The van der Waals surface area contributed by atoms with Gasteiger partial charge in [-0.15, -0.1) is 0 Å². The molecule has 2 aliphatic rings. The van der Waals surface area contributed by atoms with E-state index in [0.29, 0.717) is 6.04 Å². The van der Waals surface area contributed by atoms with E-state index in [4.69, 9.17) is 5.73 Å². The molecule has 2 aliphatic carbocycles. The Morgan fingerprint density at radius 1 is 1.07 bits per heavy atom. The first-order chi connectivity index (χ1) is 6.54. The Labute approximate surface area is 88.4 Å². The highest BCUT2D eigenvalue weighted by Crippen LogP contribution is 2.53. The number of hydrogen-bond donors (Lipinski definition) is 1. The highest BCUT2D eigenvalue weighted by atomic mass is 14.8. The molecule has 0 radical (unpaired) electrons. The first-order valence-electron chi connectivity index (χ1n) is 6.29. The van der Waals surface area contributed by atoms with Crippen LogP contribution < -0.4 is 5.73 Å². The lowest BCUT2D eigenvalue weighted by atomic mass is 9.70. The van der Waals surface area contributed by atoms with E-state index in [2.05, 4.69) is 27.7 Å². The van der Waals surface area contributed by atoms with Gasteiger partial charge in [0.25, 0.3) is 0 Å². The van der Waals surface area contributed by atoms with Crippen molar-refractivity contribution in [3.8, 4) is 0 Å². The van der Waals surface area contributed by atoms with Crippen LogP contribution in [0.1, 0.15) is 40.5 Å². The molecule has 0 aromatic rings. The number of fused-ring (bicyclic) bond motifs is 2. The Kier molecular flexibility index (Phi) is 2.63. The fourth-order valence-corrected chi connectivity index (χ4v) is 4.21. The van der Waals surface area contributed by atoms with Crippen LogP contribution in [0, 0.1) is 35.5 Å². The molecule has 0 aromatic heterocycles. The van der Waals surface area contributed by atoms with Crippen LogP contribution in [-0.2, 0) is 0 Å². The Bertz CT molecular complexity index is 207. The molecular formula is C13H25N. The molecule has 1 nitrogen and oxygen atoms in total. The van der Waals surface area contributed by atoms with Gasteiger partial charge in [-0.1, -0.05) is 27.7 Å². The zero-order valence-corrected chi connectivity index (χ0v) is 10.0. The third kappa shape index (κ3) is 1.32. The Morgan fingerprint density at radius 2 is 1.71 bits per heavy atom. The van der Waals surface area contributed by atoms with E-state index in [1.807, 2.05) is 0 Å². The van der Waals surface area contributed by atoms with Gasteiger partial charge in [0.15, 0.2) is 0 Å². The monoisotopic (exact) mass is 195 g/mol. The van der Waals surface area contributed by atoms with Crippen molar-refractivity contribution < 1.29 is 0 Å². The summed E-state index contributed by atoms with van der Waals surface area (Å²) < 4.78 is 0. The molecule has 2 rings (SSSR count). The Morgan fingerprint density at radius 3 is 2.29 bits per heavy atom. The summed E-state index contributed by atoms with van der Waals surface area (Å²) in [7, 11) is 0. The van der Waals surface area contributed by atoms with Crippen LogP contribution in [0.4, 0.5) is 0 Å². The lowest BCUT2D eigenvalue weighted by Crippen LogP contribution is -2.42. The molecule has 6 atom stereocenters. The van der Waals surface area contributed by atoms with Gasteiger partial charge in [0.1, 0.15) is 0 Å². The Balaban J connectivity index is 2.22. The summed E-state index contributed by atoms with van der Waals surface area (Å²) in [6, 6.07) is 0.501. The minimum atomic E-state index is 0.501. The van der Waals surface area contributed by atoms with Crippen LogP contribution in [0.15, 0.2) is 0 Å². The molecule has 2 fully saturated rings. The van der Waals surface area contributed by atoms with Crippen molar-refractivity contribution in [2.24, 2.45) is 41.2 Å². The molecule has 0 heterocycles. The summed E-state index contributed by atoms with van der Waals surface area (Å²) in [4.78, 5) is 0. The molecule has 0 amide bonds. The van der Waals surface area contributed by atoms with Crippen LogP contribution in [0.25, 0.3) is 0 Å². The molecule has 2 saturated carbocycles. The zero-order chi connectivity index (χ0) is 10.5. The number of hydrogen-bond acceptors (Lipinski definition) is 1. The quantitative estimate of drug-likeness (QED) is 0.684. The van der Waals surface area contributed by atoms with E-state index in [9.17, 15) is 0 Å². The number of nitrogens with two attached hydrogens (primary N) is 1. The predicted molar refractivity (Wildman–Crippen MR) is 60.8 cm³/mol. The second kappa shape index (κ2) is 3.52.